The molecule has 2 aromatic rings. The number of hydrogen-bond acceptors (Lipinski definition) is 6. The lowest BCUT2D eigenvalue weighted by molar-refractivity contribution is 0.606. The van der Waals surface area contributed by atoms with Gasteiger partial charge in [0.25, 0.3) is 0 Å². The van der Waals surface area contributed by atoms with E-state index in [2.05, 4.69) is 31.0 Å². The predicted molar refractivity (Wildman–Crippen MR) is 62.4 cm³/mol. The molecule has 0 bridgehead atoms. The molecule has 8 nitrogen and oxygen atoms in total. The number of hydrogen-bond donors (Lipinski definition) is 1. The average molecular weight is 248 g/mol. The van der Waals surface area contributed by atoms with Gasteiger partial charge in [-0.25, -0.2) is 4.68 Å². The quantitative estimate of drug-likeness (QED) is 0.731. The zero-order valence-electron chi connectivity index (χ0n) is 10.3. The maximum absolute atomic E-state index is 4.10. The van der Waals surface area contributed by atoms with Crippen molar-refractivity contribution in [1.29, 1.82) is 0 Å². The van der Waals surface area contributed by atoms with Gasteiger partial charge in [0, 0.05) is 6.54 Å². The second kappa shape index (κ2) is 4.81. The highest BCUT2D eigenvalue weighted by Gasteiger charge is 2.20. The van der Waals surface area contributed by atoms with E-state index in [1.807, 2.05) is 6.20 Å². The number of rotatable bonds is 6. The van der Waals surface area contributed by atoms with Crippen molar-refractivity contribution in [1.82, 2.24) is 40.5 Å². The molecule has 0 amide bonds. The first-order valence-corrected chi connectivity index (χ1v) is 6.12. The fourth-order valence-corrected chi connectivity index (χ4v) is 1.75. The Balaban J connectivity index is 1.52. The summed E-state index contributed by atoms with van der Waals surface area (Å²) in [4.78, 5) is 1.43. The van der Waals surface area contributed by atoms with Gasteiger partial charge in [-0.1, -0.05) is 5.21 Å². The van der Waals surface area contributed by atoms with Gasteiger partial charge in [-0.15, -0.1) is 15.3 Å². The molecule has 0 spiro atoms. The summed E-state index contributed by atoms with van der Waals surface area (Å²) in [6, 6.07) is 0. The summed E-state index contributed by atoms with van der Waals surface area (Å²) in [6.07, 6.45) is 4.63. The molecule has 0 saturated heterocycles. The van der Waals surface area contributed by atoms with Crippen molar-refractivity contribution in [2.45, 2.75) is 25.9 Å². The SMILES string of the molecule is Cn1nnc(Cn2cc(CNCC3CC3)nn2)n1. The Labute approximate surface area is 104 Å². The summed E-state index contributed by atoms with van der Waals surface area (Å²) < 4.78 is 1.73. The van der Waals surface area contributed by atoms with Crippen LogP contribution in [0.5, 0.6) is 0 Å². The van der Waals surface area contributed by atoms with Crippen LogP contribution < -0.4 is 5.32 Å². The topological polar surface area (TPSA) is 86.3 Å². The summed E-state index contributed by atoms with van der Waals surface area (Å²) in [5, 5.41) is 23.3. The van der Waals surface area contributed by atoms with Gasteiger partial charge < -0.3 is 5.32 Å². The van der Waals surface area contributed by atoms with Crippen molar-refractivity contribution in [3.8, 4) is 0 Å². The monoisotopic (exact) mass is 248 g/mol. The lowest BCUT2D eigenvalue weighted by atomic mass is 10.4. The fraction of sp³-hybridized carbons (Fsp3) is 0.700. The number of aromatic nitrogens is 7. The molecule has 0 aromatic carbocycles. The minimum atomic E-state index is 0.503. The molecule has 0 radical (unpaired) electrons. The van der Waals surface area contributed by atoms with E-state index in [4.69, 9.17) is 0 Å². The molecule has 2 aromatic heterocycles. The zero-order valence-corrected chi connectivity index (χ0v) is 10.3. The van der Waals surface area contributed by atoms with E-state index in [9.17, 15) is 0 Å². The van der Waals surface area contributed by atoms with Crippen LogP contribution >= 0.6 is 0 Å². The van der Waals surface area contributed by atoms with E-state index in [0.717, 1.165) is 24.7 Å². The van der Waals surface area contributed by atoms with E-state index in [1.165, 1.54) is 17.6 Å². The molecule has 0 unspecified atom stereocenters. The van der Waals surface area contributed by atoms with E-state index in [-0.39, 0.29) is 0 Å². The highest BCUT2D eigenvalue weighted by molar-refractivity contribution is 4.93. The summed E-state index contributed by atoms with van der Waals surface area (Å²) in [5.41, 5.74) is 0.944. The maximum Gasteiger partial charge on any atom is 0.196 e. The van der Waals surface area contributed by atoms with Crippen molar-refractivity contribution >= 4 is 0 Å². The molecule has 0 atom stereocenters. The first kappa shape index (κ1) is 11.3. The van der Waals surface area contributed by atoms with Crippen LogP contribution in [0.15, 0.2) is 6.20 Å². The van der Waals surface area contributed by atoms with Gasteiger partial charge >= 0.3 is 0 Å². The fourth-order valence-electron chi connectivity index (χ4n) is 1.75. The van der Waals surface area contributed by atoms with E-state index in [1.54, 1.807) is 11.7 Å². The maximum atomic E-state index is 4.10. The number of tetrazole rings is 1. The molecule has 1 aliphatic rings. The molecule has 8 heteroatoms. The summed E-state index contributed by atoms with van der Waals surface area (Å²) in [7, 11) is 1.74. The molecule has 1 aliphatic carbocycles. The first-order valence-electron chi connectivity index (χ1n) is 6.12. The van der Waals surface area contributed by atoms with E-state index < -0.39 is 0 Å². The summed E-state index contributed by atoms with van der Waals surface area (Å²) in [6.45, 7) is 2.35. The number of nitrogens with zero attached hydrogens (tertiary/aromatic N) is 7. The highest BCUT2D eigenvalue weighted by Crippen LogP contribution is 2.27. The second-order valence-corrected chi connectivity index (χ2v) is 4.68. The molecule has 2 heterocycles. The van der Waals surface area contributed by atoms with E-state index >= 15 is 0 Å². The van der Waals surface area contributed by atoms with Crippen LogP contribution in [0.2, 0.25) is 0 Å². The predicted octanol–water partition coefficient (Wildman–Crippen LogP) is -0.650. The van der Waals surface area contributed by atoms with Gasteiger partial charge in [0.15, 0.2) is 5.82 Å². The van der Waals surface area contributed by atoms with Gasteiger partial charge in [-0.05, 0) is 30.5 Å². The minimum absolute atomic E-state index is 0.503. The minimum Gasteiger partial charge on any atom is -0.311 e. The molecule has 96 valence electrons. The summed E-state index contributed by atoms with van der Waals surface area (Å²) >= 11 is 0. The van der Waals surface area contributed by atoms with Gasteiger partial charge in [-0.3, -0.25) is 0 Å². The van der Waals surface area contributed by atoms with Crippen molar-refractivity contribution in [3.63, 3.8) is 0 Å². The van der Waals surface area contributed by atoms with Crippen LogP contribution in [0.25, 0.3) is 0 Å². The standard InChI is InChI=1S/C10H16N8/c1-17-14-10(13-15-17)7-18-6-9(12-16-18)5-11-4-8-2-3-8/h6,8,11H,2-5,7H2,1H3. The smallest absolute Gasteiger partial charge is 0.196 e. The van der Waals surface area contributed by atoms with Crippen molar-refractivity contribution in [3.05, 3.63) is 17.7 Å². The second-order valence-electron chi connectivity index (χ2n) is 4.68. The Kier molecular flexibility index (Phi) is 3.01. The van der Waals surface area contributed by atoms with E-state index in [0.29, 0.717) is 12.4 Å². The third-order valence-corrected chi connectivity index (χ3v) is 2.88. The number of nitrogens with one attached hydrogen (secondary N) is 1. The Hall–Kier alpha value is -1.83. The van der Waals surface area contributed by atoms with Crippen LogP contribution in [-0.2, 0) is 20.1 Å². The average Bonchev–Trinajstić information content (AvgIpc) is 2.92. The van der Waals surface area contributed by atoms with Crippen LogP contribution in [0.3, 0.4) is 0 Å². The molecule has 1 N–H and O–H groups in total. The zero-order chi connectivity index (χ0) is 12.4. The van der Waals surface area contributed by atoms with Gasteiger partial charge in [0.2, 0.25) is 0 Å². The lowest BCUT2D eigenvalue weighted by Gasteiger charge is -1.98. The molecule has 3 rings (SSSR count). The normalized spacial score (nSPS) is 15.2. The number of aryl methyl sites for hydroxylation is 1. The molecular formula is C10H16N8. The summed E-state index contributed by atoms with van der Waals surface area (Å²) in [5.74, 6) is 1.52. The van der Waals surface area contributed by atoms with Gasteiger partial charge in [-0.2, -0.15) is 4.80 Å². The Morgan fingerprint density at radius 3 is 2.94 bits per heavy atom. The van der Waals surface area contributed by atoms with Gasteiger partial charge in [0.1, 0.15) is 6.54 Å². The Bertz CT molecular complexity index is 511. The van der Waals surface area contributed by atoms with Gasteiger partial charge in [0.05, 0.1) is 18.9 Å². The largest absolute Gasteiger partial charge is 0.311 e. The third kappa shape index (κ3) is 2.89. The first-order chi connectivity index (χ1) is 8.79. The van der Waals surface area contributed by atoms with Crippen molar-refractivity contribution in [2.24, 2.45) is 13.0 Å². The third-order valence-electron chi connectivity index (χ3n) is 2.88. The molecule has 1 saturated carbocycles. The lowest BCUT2D eigenvalue weighted by Crippen LogP contribution is -2.16. The van der Waals surface area contributed by atoms with Crippen molar-refractivity contribution < 1.29 is 0 Å². The van der Waals surface area contributed by atoms with Crippen molar-refractivity contribution in [2.75, 3.05) is 6.54 Å². The van der Waals surface area contributed by atoms with Crippen LogP contribution in [0, 0.1) is 5.92 Å². The Morgan fingerprint density at radius 1 is 1.33 bits per heavy atom. The molecule has 0 aliphatic heterocycles. The Morgan fingerprint density at radius 2 is 2.22 bits per heavy atom. The van der Waals surface area contributed by atoms with Crippen LogP contribution in [0.1, 0.15) is 24.4 Å². The molecule has 1 fully saturated rings. The molecular weight excluding hydrogens is 232 g/mol. The molecule has 18 heavy (non-hydrogen) atoms. The van der Waals surface area contributed by atoms with Crippen LogP contribution in [-0.4, -0.2) is 41.7 Å². The van der Waals surface area contributed by atoms with Crippen LogP contribution in [0.4, 0.5) is 0 Å². The highest BCUT2D eigenvalue weighted by atomic mass is 15.6.